The molecule has 0 heteroatoms. The predicted octanol–water partition coefficient (Wildman–Crippen LogP) is 7.87. The maximum atomic E-state index is 4.46. The summed E-state index contributed by atoms with van der Waals surface area (Å²) in [6.45, 7) is 15.8. The van der Waals surface area contributed by atoms with Crippen molar-refractivity contribution >= 4 is 0 Å². The third kappa shape index (κ3) is 3.61. The van der Waals surface area contributed by atoms with Gasteiger partial charge in [-0.3, -0.25) is 0 Å². The maximum Gasteiger partial charge on any atom is -0.000919 e. The van der Waals surface area contributed by atoms with Crippen LogP contribution in [0.2, 0.25) is 0 Å². The smallest absolute Gasteiger partial charge is 0.000919 e. The van der Waals surface area contributed by atoms with Gasteiger partial charge in [-0.05, 0) is 78.6 Å². The summed E-state index contributed by atoms with van der Waals surface area (Å²) in [5.41, 5.74) is 7.47. The second kappa shape index (κ2) is 7.99. The monoisotopic (exact) mass is 348 g/mol. The average molecular weight is 349 g/mol. The van der Waals surface area contributed by atoms with Crippen molar-refractivity contribution in [3.05, 3.63) is 71.4 Å². The Morgan fingerprint density at radius 2 is 1.77 bits per heavy atom. The standard InChI is InChI=1S/C26H36/c1-6-26(23-16-10-11-17-23)18-12-15-20(3)19(2)13-8-7-9-14-21(4)24-22(5)25(24)26/h7-9,13-14,20,23H,2,5-6,10-12,15-18H2,1,3-4H3/b9-7-,13-8-,21-14-. The summed E-state index contributed by atoms with van der Waals surface area (Å²) in [6.07, 6.45) is 21.6. The van der Waals surface area contributed by atoms with Crippen molar-refractivity contribution in [2.24, 2.45) is 17.3 Å². The summed E-state index contributed by atoms with van der Waals surface area (Å²) in [7, 11) is 0. The fourth-order valence-corrected chi connectivity index (χ4v) is 5.46. The zero-order chi connectivity index (χ0) is 18.7. The van der Waals surface area contributed by atoms with Crippen LogP contribution in [0.3, 0.4) is 0 Å². The minimum Gasteiger partial charge on any atom is -0.0956 e. The first-order valence-electron chi connectivity index (χ1n) is 10.7. The number of hydrogen-bond acceptors (Lipinski definition) is 0. The van der Waals surface area contributed by atoms with Gasteiger partial charge in [-0.25, -0.2) is 0 Å². The third-order valence-electron chi connectivity index (χ3n) is 7.22. The first-order chi connectivity index (χ1) is 12.5. The molecule has 2 atom stereocenters. The van der Waals surface area contributed by atoms with E-state index in [9.17, 15) is 0 Å². The Labute approximate surface area is 161 Å². The van der Waals surface area contributed by atoms with Crippen molar-refractivity contribution < 1.29 is 0 Å². The van der Waals surface area contributed by atoms with Gasteiger partial charge in [0.15, 0.2) is 0 Å². The lowest BCUT2D eigenvalue weighted by atomic mass is 9.66. The summed E-state index contributed by atoms with van der Waals surface area (Å²) < 4.78 is 0. The molecule has 0 nitrogen and oxygen atoms in total. The second-order valence-electron chi connectivity index (χ2n) is 8.68. The molecule has 0 saturated heterocycles. The first kappa shape index (κ1) is 19.2. The highest BCUT2D eigenvalue weighted by atomic mass is 14.5. The molecule has 1 fully saturated rings. The van der Waals surface area contributed by atoms with E-state index in [2.05, 4.69) is 64.3 Å². The molecule has 0 aromatic rings. The summed E-state index contributed by atoms with van der Waals surface area (Å²) in [6, 6.07) is 0. The lowest BCUT2D eigenvalue weighted by Crippen LogP contribution is -2.28. The molecule has 0 amide bonds. The van der Waals surface area contributed by atoms with E-state index in [0.717, 1.165) is 5.92 Å². The molecular formula is C26H36. The molecule has 3 aliphatic carbocycles. The number of allylic oxidation sites excluding steroid dienone is 10. The van der Waals surface area contributed by atoms with E-state index in [0.29, 0.717) is 11.3 Å². The van der Waals surface area contributed by atoms with Crippen LogP contribution < -0.4 is 0 Å². The topological polar surface area (TPSA) is 0 Å². The molecule has 3 aliphatic rings. The Morgan fingerprint density at radius 3 is 2.46 bits per heavy atom. The van der Waals surface area contributed by atoms with Gasteiger partial charge in [-0.2, -0.15) is 0 Å². The molecular weight excluding hydrogens is 312 g/mol. The van der Waals surface area contributed by atoms with Crippen LogP contribution in [-0.4, -0.2) is 0 Å². The maximum absolute atomic E-state index is 4.46. The van der Waals surface area contributed by atoms with Crippen molar-refractivity contribution in [1.82, 2.24) is 0 Å². The van der Waals surface area contributed by atoms with Crippen LogP contribution in [0.25, 0.3) is 0 Å². The highest BCUT2D eigenvalue weighted by Gasteiger charge is 2.49. The molecule has 0 bridgehead atoms. The fourth-order valence-electron chi connectivity index (χ4n) is 5.46. The van der Waals surface area contributed by atoms with E-state index in [-0.39, 0.29) is 0 Å². The SMILES string of the molecule is C=C1C2=C1C(CC)(C1CCCC1)CCCC(C)C(=C)\C=C/C=C\C=C/2C. The van der Waals surface area contributed by atoms with Gasteiger partial charge in [0.2, 0.25) is 0 Å². The quantitative estimate of drug-likeness (QED) is 0.476. The van der Waals surface area contributed by atoms with Crippen molar-refractivity contribution in [3.8, 4) is 0 Å². The zero-order valence-corrected chi connectivity index (χ0v) is 17.1. The number of rotatable bonds is 2. The van der Waals surface area contributed by atoms with Gasteiger partial charge in [0, 0.05) is 0 Å². The highest BCUT2D eigenvalue weighted by molar-refractivity contribution is 5.75. The molecule has 0 aliphatic heterocycles. The van der Waals surface area contributed by atoms with E-state index in [1.54, 1.807) is 5.57 Å². The Morgan fingerprint density at radius 1 is 1.04 bits per heavy atom. The van der Waals surface area contributed by atoms with Crippen LogP contribution in [0.4, 0.5) is 0 Å². The molecule has 140 valence electrons. The van der Waals surface area contributed by atoms with Gasteiger partial charge in [0.05, 0.1) is 0 Å². The lowest BCUT2D eigenvalue weighted by molar-refractivity contribution is 0.188. The Kier molecular flexibility index (Phi) is 5.90. The zero-order valence-electron chi connectivity index (χ0n) is 17.1. The lowest BCUT2D eigenvalue weighted by Gasteiger charge is -2.38. The van der Waals surface area contributed by atoms with Crippen molar-refractivity contribution in [3.63, 3.8) is 0 Å². The van der Waals surface area contributed by atoms with Gasteiger partial charge in [0.25, 0.3) is 0 Å². The molecule has 0 spiro atoms. The van der Waals surface area contributed by atoms with Crippen LogP contribution >= 0.6 is 0 Å². The molecule has 26 heavy (non-hydrogen) atoms. The van der Waals surface area contributed by atoms with Crippen LogP contribution in [-0.2, 0) is 0 Å². The van der Waals surface area contributed by atoms with Crippen LogP contribution in [0.1, 0.15) is 72.1 Å². The van der Waals surface area contributed by atoms with E-state index >= 15 is 0 Å². The number of hydrogen-bond donors (Lipinski definition) is 0. The van der Waals surface area contributed by atoms with Gasteiger partial charge < -0.3 is 0 Å². The summed E-state index contributed by atoms with van der Waals surface area (Å²) >= 11 is 0. The predicted molar refractivity (Wildman–Crippen MR) is 115 cm³/mol. The minimum absolute atomic E-state index is 0.364. The Bertz CT molecular complexity index is 688. The van der Waals surface area contributed by atoms with E-state index in [1.165, 1.54) is 73.7 Å². The first-order valence-corrected chi connectivity index (χ1v) is 10.7. The van der Waals surface area contributed by atoms with Gasteiger partial charge in [-0.15, -0.1) is 0 Å². The fraction of sp³-hybridized carbons (Fsp3) is 0.538. The summed E-state index contributed by atoms with van der Waals surface area (Å²) in [5.74, 6) is 1.42. The average Bonchev–Trinajstić information content (AvgIpc) is 3.05. The van der Waals surface area contributed by atoms with Crippen molar-refractivity contribution in [2.75, 3.05) is 0 Å². The molecule has 0 heterocycles. The summed E-state index contributed by atoms with van der Waals surface area (Å²) in [5, 5.41) is 0. The van der Waals surface area contributed by atoms with Gasteiger partial charge in [0.1, 0.15) is 0 Å². The third-order valence-corrected chi connectivity index (χ3v) is 7.22. The van der Waals surface area contributed by atoms with E-state index in [4.69, 9.17) is 0 Å². The highest BCUT2D eigenvalue weighted by Crippen LogP contribution is 2.61. The molecule has 0 aromatic carbocycles. The molecule has 0 radical (unpaired) electrons. The molecule has 0 N–H and O–H groups in total. The van der Waals surface area contributed by atoms with Gasteiger partial charge in [-0.1, -0.05) is 82.2 Å². The van der Waals surface area contributed by atoms with Crippen LogP contribution in [0.5, 0.6) is 0 Å². The molecule has 2 unspecified atom stereocenters. The van der Waals surface area contributed by atoms with Crippen LogP contribution in [0.15, 0.2) is 71.4 Å². The molecule has 1 saturated carbocycles. The molecule has 0 aromatic heterocycles. The second-order valence-corrected chi connectivity index (χ2v) is 8.68. The minimum atomic E-state index is 0.364. The largest absolute Gasteiger partial charge is 0.0956 e. The van der Waals surface area contributed by atoms with E-state index in [1.807, 2.05) is 0 Å². The summed E-state index contributed by atoms with van der Waals surface area (Å²) in [4.78, 5) is 0. The normalized spacial score (nSPS) is 35.5. The van der Waals surface area contributed by atoms with Crippen molar-refractivity contribution in [2.45, 2.75) is 72.1 Å². The van der Waals surface area contributed by atoms with Crippen molar-refractivity contribution in [1.29, 1.82) is 0 Å². The van der Waals surface area contributed by atoms with Gasteiger partial charge >= 0.3 is 0 Å². The van der Waals surface area contributed by atoms with Crippen LogP contribution in [0, 0.1) is 17.3 Å². The van der Waals surface area contributed by atoms with E-state index < -0.39 is 0 Å². The Hall–Kier alpha value is -1.56. The molecule has 3 rings (SSSR count). The Balaban J connectivity index is 1.99.